The van der Waals surface area contributed by atoms with E-state index in [1.165, 1.54) is 16.2 Å². The van der Waals surface area contributed by atoms with Crippen LogP contribution >= 0.6 is 11.3 Å². The molecule has 0 radical (unpaired) electrons. The first kappa shape index (κ1) is 17.0. The number of rotatable bonds is 6. The first-order valence-corrected chi connectivity index (χ1v) is 8.42. The molecule has 0 fully saturated rings. The molecule has 1 N–H and O–H groups in total. The highest BCUT2D eigenvalue weighted by atomic mass is 32.1. The van der Waals surface area contributed by atoms with E-state index in [-0.39, 0.29) is 24.6 Å². The van der Waals surface area contributed by atoms with Gasteiger partial charge in [0, 0.05) is 7.05 Å². The molecule has 0 bridgehead atoms. The summed E-state index contributed by atoms with van der Waals surface area (Å²) < 4.78 is 11.3. The van der Waals surface area contributed by atoms with Crippen molar-refractivity contribution in [2.75, 3.05) is 20.8 Å². The Morgan fingerprint density at radius 1 is 1.28 bits per heavy atom. The van der Waals surface area contributed by atoms with E-state index < -0.39 is 0 Å². The van der Waals surface area contributed by atoms with Gasteiger partial charge in [-0.2, -0.15) is 0 Å². The maximum absolute atomic E-state index is 12.3. The van der Waals surface area contributed by atoms with E-state index in [9.17, 15) is 9.59 Å². The Hall–Kier alpha value is -2.87. The monoisotopic (exact) mass is 359 g/mol. The normalized spacial score (nSPS) is 10.6. The van der Waals surface area contributed by atoms with Gasteiger partial charge in [0.2, 0.25) is 0 Å². The van der Waals surface area contributed by atoms with Gasteiger partial charge in [-0.15, -0.1) is 11.3 Å². The molecule has 2 heterocycles. The predicted octanol–water partition coefficient (Wildman–Crippen LogP) is 2.03. The number of benzene rings is 1. The number of amides is 1. The van der Waals surface area contributed by atoms with Crippen LogP contribution in [0, 0.1) is 0 Å². The molecular formula is C17H17N3O4S. The molecule has 2 aromatic heterocycles. The van der Waals surface area contributed by atoms with Gasteiger partial charge >= 0.3 is 0 Å². The Labute approximate surface area is 147 Å². The van der Waals surface area contributed by atoms with Gasteiger partial charge in [-0.3, -0.25) is 9.59 Å². The lowest BCUT2D eigenvalue weighted by Gasteiger charge is -2.17. The molecule has 3 aromatic rings. The number of nitrogens with one attached hydrogen (secondary N) is 1. The molecule has 8 heteroatoms. The topological polar surface area (TPSA) is 84.5 Å². The number of fused-ring (bicyclic) bond motifs is 1. The SMILES string of the molecule is COc1ccccc1OCC(=O)N(C)Cc1nc2ccsc2c(=O)[nH]1. The third kappa shape index (κ3) is 3.80. The number of thiophene rings is 1. The minimum atomic E-state index is -0.237. The van der Waals surface area contributed by atoms with Gasteiger partial charge in [0.05, 0.1) is 19.2 Å². The van der Waals surface area contributed by atoms with Crippen LogP contribution in [-0.4, -0.2) is 41.5 Å². The zero-order chi connectivity index (χ0) is 17.8. The summed E-state index contributed by atoms with van der Waals surface area (Å²) in [6.07, 6.45) is 0. The number of methoxy groups -OCH3 is 1. The molecule has 0 atom stereocenters. The van der Waals surface area contributed by atoms with Crippen molar-refractivity contribution in [2.45, 2.75) is 6.54 Å². The largest absolute Gasteiger partial charge is 0.493 e. The van der Waals surface area contributed by atoms with Crippen molar-refractivity contribution in [3.8, 4) is 11.5 Å². The quantitative estimate of drug-likeness (QED) is 0.728. The van der Waals surface area contributed by atoms with Gasteiger partial charge in [0.25, 0.3) is 11.5 Å². The van der Waals surface area contributed by atoms with E-state index in [0.717, 1.165) is 0 Å². The maximum atomic E-state index is 12.3. The fraction of sp³-hybridized carbons (Fsp3) is 0.235. The number of para-hydroxylation sites is 2. The van der Waals surface area contributed by atoms with Gasteiger partial charge in [-0.25, -0.2) is 4.98 Å². The first-order valence-electron chi connectivity index (χ1n) is 7.54. The van der Waals surface area contributed by atoms with Crippen LogP contribution in [0.15, 0.2) is 40.5 Å². The van der Waals surface area contributed by atoms with Gasteiger partial charge in [-0.05, 0) is 23.6 Å². The van der Waals surface area contributed by atoms with Gasteiger partial charge in [0.15, 0.2) is 18.1 Å². The number of carbonyl (C=O) groups is 1. The van der Waals surface area contributed by atoms with E-state index in [2.05, 4.69) is 9.97 Å². The molecule has 0 aliphatic rings. The summed E-state index contributed by atoms with van der Waals surface area (Å²) in [5, 5.41) is 1.81. The van der Waals surface area contributed by atoms with Crippen LogP contribution in [-0.2, 0) is 11.3 Å². The number of likely N-dealkylation sites (N-methyl/N-ethyl adjacent to an activating group) is 1. The second kappa shape index (κ2) is 7.35. The number of hydrogen-bond donors (Lipinski definition) is 1. The molecule has 0 unspecified atom stereocenters. The van der Waals surface area contributed by atoms with E-state index in [0.29, 0.717) is 27.5 Å². The standard InChI is InChI=1S/C17H17N3O4S/c1-20(9-14-18-11-7-8-25-16(11)17(22)19-14)15(21)10-24-13-6-4-3-5-12(13)23-2/h3-8H,9-10H2,1-2H3,(H,18,19,22). The lowest BCUT2D eigenvalue weighted by atomic mass is 10.3. The minimum absolute atomic E-state index is 0.137. The van der Waals surface area contributed by atoms with Crippen LogP contribution in [0.25, 0.3) is 10.2 Å². The van der Waals surface area contributed by atoms with Crippen LogP contribution in [0.1, 0.15) is 5.82 Å². The highest BCUT2D eigenvalue weighted by molar-refractivity contribution is 7.17. The molecule has 130 valence electrons. The third-order valence-electron chi connectivity index (χ3n) is 3.60. The van der Waals surface area contributed by atoms with Gasteiger partial charge < -0.3 is 19.4 Å². The van der Waals surface area contributed by atoms with Crippen LogP contribution in [0.2, 0.25) is 0 Å². The fourth-order valence-electron chi connectivity index (χ4n) is 2.30. The van der Waals surface area contributed by atoms with E-state index in [1.807, 2.05) is 11.4 Å². The Kier molecular flexibility index (Phi) is 4.99. The summed E-state index contributed by atoms with van der Waals surface area (Å²) in [6, 6.07) is 8.90. The van der Waals surface area contributed by atoms with Gasteiger partial charge in [0.1, 0.15) is 10.5 Å². The molecule has 25 heavy (non-hydrogen) atoms. The summed E-state index contributed by atoms with van der Waals surface area (Å²) in [4.78, 5) is 32.7. The molecule has 0 saturated heterocycles. The zero-order valence-electron chi connectivity index (χ0n) is 13.8. The average Bonchev–Trinajstić information content (AvgIpc) is 3.09. The Bertz CT molecular complexity index is 950. The lowest BCUT2D eigenvalue weighted by Crippen LogP contribution is -2.32. The van der Waals surface area contributed by atoms with E-state index >= 15 is 0 Å². The molecule has 0 spiro atoms. The maximum Gasteiger partial charge on any atom is 0.268 e. The summed E-state index contributed by atoms with van der Waals surface area (Å²) in [5.41, 5.74) is 0.441. The summed E-state index contributed by atoms with van der Waals surface area (Å²) in [7, 11) is 3.17. The number of aromatic amines is 1. The van der Waals surface area contributed by atoms with Crippen molar-refractivity contribution in [1.29, 1.82) is 0 Å². The van der Waals surface area contributed by atoms with Crippen molar-refractivity contribution in [1.82, 2.24) is 14.9 Å². The summed E-state index contributed by atoms with van der Waals surface area (Å²) >= 11 is 1.34. The molecule has 0 saturated carbocycles. The number of H-pyrrole nitrogens is 1. The van der Waals surface area contributed by atoms with Crippen molar-refractivity contribution in [2.24, 2.45) is 0 Å². The Morgan fingerprint density at radius 3 is 2.80 bits per heavy atom. The second-order valence-electron chi connectivity index (χ2n) is 5.34. The molecule has 0 aliphatic heterocycles. The van der Waals surface area contributed by atoms with E-state index in [1.54, 1.807) is 38.4 Å². The van der Waals surface area contributed by atoms with Crippen molar-refractivity contribution in [3.63, 3.8) is 0 Å². The minimum Gasteiger partial charge on any atom is -0.493 e. The molecule has 3 rings (SSSR count). The van der Waals surface area contributed by atoms with Crippen LogP contribution in [0.4, 0.5) is 0 Å². The highest BCUT2D eigenvalue weighted by Crippen LogP contribution is 2.25. The lowest BCUT2D eigenvalue weighted by molar-refractivity contribution is -0.132. The van der Waals surface area contributed by atoms with Crippen molar-refractivity contribution in [3.05, 3.63) is 51.9 Å². The van der Waals surface area contributed by atoms with Crippen LogP contribution in [0.5, 0.6) is 11.5 Å². The van der Waals surface area contributed by atoms with Crippen LogP contribution < -0.4 is 15.0 Å². The molecular weight excluding hydrogens is 342 g/mol. The van der Waals surface area contributed by atoms with Gasteiger partial charge in [-0.1, -0.05) is 12.1 Å². The number of carbonyl (C=O) groups excluding carboxylic acids is 1. The average molecular weight is 359 g/mol. The third-order valence-corrected chi connectivity index (χ3v) is 4.50. The number of ether oxygens (including phenoxy) is 2. The van der Waals surface area contributed by atoms with Crippen molar-refractivity contribution >= 4 is 27.5 Å². The molecule has 7 nitrogen and oxygen atoms in total. The Morgan fingerprint density at radius 2 is 2.04 bits per heavy atom. The van der Waals surface area contributed by atoms with Crippen molar-refractivity contribution < 1.29 is 14.3 Å². The molecule has 1 amide bonds. The van der Waals surface area contributed by atoms with E-state index in [4.69, 9.17) is 9.47 Å². The highest BCUT2D eigenvalue weighted by Gasteiger charge is 2.14. The smallest absolute Gasteiger partial charge is 0.268 e. The zero-order valence-corrected chi connectivity index (χ0v) is 14.6. The second-order valence-corrected chi connectivity index (χ2v) is 6.25. The molecule has 0 aliphatic carbocycles. The Balaban J connectivity index is 1.64. The predicted molar refractivity (Wildman–Crippen MR) is 95.2 cm³/mol. The first-order chi connectivity index (χ1) is 12.1. The molecule has 1 aromatic carbocycles. The summed E-state index contributed by atoms with van der Waals surface area (Å²) in [6.45, 7) is 0.0525. The number of hydrogen-bond acceptors (Lipinski definition) is 6. The van der Waals surface area contributed by atoms with Crippen LogP contribution in [0.3, 0.4) is 0 Å². The number of nitrogens with zero attached hydrogens (tertiary/aromatic N) is 2. The summed E-state index contributed by atoms with van der Waals surface area (Å²) in [5.74, 6) is 1.26. The number of aromatic nitrogens is 2. The fourth-order valence-corrected chi connectivity index (χ4v) is 3.02.